The quantitative estimate of drug-likeness (QED) is 0.593. The molecule has 1 aromatic heterocycles. The molecule has 0 bridgehead atoms. The number of hydrogen-bond donors (Lipinski definition) is 1. The zero-order valence-electron chi connectivity index (χ0n) is 11.8. The third kappa shape index (κ3) is 4.83. The maximum Gasteiger partial charge on any atom is 0.206 e. The van der Waals surface area contributed by atoms with E-state index >= 15 is 0 Å². The van der Waals surface area contributed by atoms with Crippen LogP contribution in [0.25, 0.3) is 0 Å². The van der Waals surface area contributed by atoms with Crippen LogP contribution >= 0.6 is 23.1 Å². The van der Waals surface area contributed by atoms with Crippen molar-refractivity contribution in [2.24, 2.45) is 0 Å². The Morgan fingerprint density at radius 2 is 2.19 bits per heavy atom. The Balaban J connectivity index is 1.86. The van der Waals surface area contributed by atoms with Gasteiger partial charge in [-0.1, -0.05) is 29.2 Å². The molecule has 0 aliphatic heterocycles. The Bertz CT molecular complexity index is 580. The minimum atomic E-state index is -0.352. The van der Waals surface area contributed by atoms with Crippen molar-refractivity contribution in [1.82, 2.24) is 10.2 Å². The summed E-state index contributed by atoms with van der Waals surface area (Å²) in [5.41, 5.74) is 0.877. The molecule has 0 radical (unpaired) electrons. The predicted molar refractivity (Wildman–Crippen MR) is 82.8 cm³/mol. The first-order valence-electron chi connectivity index (χ1n) is 6.24. The Hall–Kier alpha value is -1.38. The molecule has 0 aliphatic rings. The average Bonchev–Trinajstić information content (AvgIpc) is 2.93. The van der Waals surface area contributed by atoms with Crippen LogP contribution in [-0.4, -0.2) is 37.6 Å². The molecule has 2 aromatic rings. The number of halogens is 1. The van der Waals surface area contributed by atoms with Gasteiger partial charge in [0, 0.05) is 19.4 Å². The van der Waals surface area contributed by atoms with E-state index in [2.05, 4.69) is 15.5 Å². The summed E-state index contributed by atoms with van der Waals surface area (Å²) in [6, 6.07) is 4.95. The monoisotopic (exact) mass is 329 g/mol. The molecule has 114 valence electrons. The molecule has 0 saturated carbocycles. The van der Waals surface area contributed by atoms with Crippen molar-refractivity contribution in [2.45, 2.75) is 10.1 Å². The van der Waals surface area contributed by atoms with E-state index in [1.807, 2.05) is 6.07 Å². The second-order valence-electron chi connectivity index (χ2n) is 4.05. The minimum Gasteiger partial charge on any atom is -0.494 e. The van der Waals surface area contributed by atoms with E-state index < -0.39 is 0 Å². The number of hydrogen-bond acceptors (Lipinski definition) is 7. The molecule has 0 unspecified atom stereocenters. The van der Waals surface area contributed by atoms with Crippen molar-refractivity contribution in [3.05, 3.63) is 29.6 Å². The smallest absolute Gasteiger partial charge is 0.206 e. The maximum absolute atomic E-state index is 13.6. The van der Waals surface area contributed by atoms with Crippen molar-refractivity contribution < 1.29 is 13.9 Å². The fourth-order valence-corrected chi connectivity index (χ4v) is 3.26. The van der Waals surface area contributed by atoms with Crippen LogP contribution in [0, 0.1) is 5.82 Å². The third-order valence-electron chi connectivity index (χ3n) is 2.57. The number of methoxy groups -OCH3 is 2. The first-order chi connectivity index (χ1) is 10.2. The molecule has 0 saturated heterocycles. The fraction of sp³-hybridized carbons (Fsp3) is 0.385. The van der Waals surface area contributed by atoms with Gasteiger partial charge < -0.3 is 14.8 Å². The molecule has 5 nitrogen and oxygen atoms in total. The van der Waals surface area contributed by atoms with Gasteiger partial charge in [0.05, 0.1) is 13.7 Å². The third-order valence-corrected chi connectivity index (χ3v) is 4.65. The van der Waals surface area contributed by atoms with Crippen molar-refractivity contribution in [2.75, 3.05) is 32.7 Å². The Labute approximate surface area is 130 Å². The number of benzene rings is 1. The molecule has 1 heterocycles. The van der Waals surface area contributed by atoms with Crippen LogP contribution in [0.5, 0.6) is 5.75 Å². The fourth-order valence-electron chi connectivity index (χ4n) is 1.54. The summed E-state index contributed by atoms with van der Waals surface area (Å²) in [6.45, 7) is 1.31. The van der Waals surface area contributed by atoms with Gasteiger partial charge in [-0.15, -0.1) is 10.2 Å². The van der Waals surface area contributed by atoms with Crippen LogP contribution in [0.1, 0.15) is 5.56 Å². The number of rotatable bonds is 8. The van der Waals surface area contributed by atoms with E-state index in [9.17, 15) is 4.39 Å². The minimum absolute atomic E-state index is 0.254. The lowest BCUT2D eigenvalue weighted by atomic mass is 10.2. The lowest BCUT2D eigenvalue weighted by molar-refractivity contribution is 0.211. The highest BCUT2D eigenvalue weighted by Crippen LogP contribution is 2.29. The summed E-state index contributed by atoms with van der Waals surface area (Å²) in [4.78, 5) is 0. The zero-order valence-corrected chi connectivity index (χ0v) is 13.4. The molecule has 0 amide bonds. The normalized spacial score (nSPS) is 10.6. The van der Waals surface area contributed by atoms with Crippen molar-refractivity contribution in [3.8, 4) is 5.75 Å². The summed E-state index contributed by atoms with van der Waals surface area (Å²) < 4.78 is 24.3. The van der Waals surface area contributed by atoms with E-state index in [0.29, 0.717) is 18.9 Å². The summed E-state index contributed by atoms with van der Waals surface area (Å²) in [6.07, 6.45) is 0. The van der Waals surface area contributed by atoms with Crippen LogP contribution in [-0.2, 0) is 10.5 Å². The van der Waals surface area contributed by atoms with Crippen molar-refractivity contribution >= 4 is 28.2 Å². The zero-order chi connectivity index (χ0) is 15.1. The van der Waals surface area contributed by atoms with Gasteiger partial charge in [-0.2, -0.15) is 0 Å². The highest BCUT2D eigenvalue weighted by Gasteiger charge is 2.07. The number of nitrogens with zero attached hydrogens (tertiary/aromatic N) is 2. The topological polar surface area (TPSA) is 56.3 Å². The second kappa shape index (κ2) is 8.16. The van der Waals surface area contributed by atoms with Crippen molar-refractivity contribution in [1.29, 1.82) is 0 Å². The van der Waals surface area contributed by atoms with E-state index in [0.717, 1.165) is 15.0 Å². The maximum atomic E-state index is 13.6. The van der Waals surface area contributed by atoms with Gasteiger partial charge in [0.15, 0.2) is 15.9 Å². The van der Waals surface area contributed by atoms with E-state index in [4.69, 9.17) is 9.47 Å². The molecular formula is C13H16FN3O2S2. The molecule has 2 rings (SSSR count). The Morgan fingerprint density at radius 3 is 2.90 bits per heavy atom. The molecular weight excluding hydrogens is 313 g/mol. The van der Waals surface area contributed by atoms with E-state index in [1.54, 1.807) is 13.2 Å². The van der Waals surface area contributed by atoms with Gasteiger partial charge in [-0.25, -0.2) is 4.39 Å². The Kier molecular flexibility index (Phi) is 6.21. The number of nitrogens with one attached hydrogen (secondary N) is 1. The number of ether oxygens (including phenoxy) is 2. The second-order valence-corrected chi connectivity index (χ2v) is 6.25. The summed E-state index contributed by atoms with van der Waals surface area (Å²) in [5.74, 6) is 0.534. The largest absolute Gasteiger partial charge is 0.494 e. The summed E-state index contributed by atoms with van der Waals surface area (Å²) in [5, 5.41) is 12.0. The van der Waals surface area contributed by atoms with Gasteiger partial charge in [-0.3, -0.25) is 0 Å². The van der Waals surface area contributed by atoms with E-state index in [-0.39, 0.29) is 11.6 Å². The van der Waals surface area contributed by atoms with Crippen molar-refractivity contribution in [3.63, 3.8) is 0 Å². The van der Waals surface area contributed by atoms with Crippen LogP contribution < -0.4 is 10.1 Å². The molecule has 0 aliphatic carbocycles. The van der Waals surface area contributed by atoms with Crippen LogP contribution in [0.3, 0.4) is 0 Å². The lowest BCUT2D eigenvalue weighted by Crippen LogP contribution is -2.06. The standard InChI is InChI=1S/C13H16FN3O2S2/c1-18-6-5-15-12-16-17-13(21-12)20-8-9-3-4-11(19-2)10(14)7-9/h3-4,7H,5-6,8H2,1-2H3,(H,15,16). The number of thioether (sulfide) groups is 1. The molecule has 1 N–H and O–H groups in total. The molecule has 0 spiro atoms. The number of aromatic nitrogens is 2. The van der Waals surface area contributed by atoms with Crippen LogP contribution in [0.2, 0.25) is 0 Å². The molecule has 8 heteroatoms. The van der Waals surface area contributed by atoms with Crippen LogP contribution in [0.4, 0.5) is 9.52 Å². The average molecular weight is 329 g/mol. The van der Waals surface area contributed by atoms with Crippen LogP contribution in [0.15, 0.2) is 22.5 Å². The Morgan fingerprint density at radius 1 is 1.33 bits per heavy atom. The van der Waals surface area contributed by atoms with Gasteiger partial charge in [0.2, 0.25) is 5.13 Å². The summed E-state index contributed by atoms with van der Waals surface area (Å²) >= 11 is 2.99. The van der Waals surface area contributed by atoms with E-state index in [1.165, 1.54) is 36.3 Å². The molecule has 21 heavy (non-hydrogen) atoms. The highest BCUT2D eigenvalue weighted by atomic mass is 32.2. The highest BCUT2D eigenvalue weighted by molar-refractivity contribution is 8.00. The van der Waals surface area contributed by atoms with Gasteiger partial charge in [0.25, 0.3) is 0 Å². The first kappa shape index (κ1) is 16.0. The first-order valence-corrected chi connectivity index (χ1v) is 8.04. The van der Waals surface area contributed by atoms with Gasteiger partial charge >= 0.3 is 0 Å². The van der Waals surface area contributed by atoms with Gasteiger partial charge in [-0.05, 0) is 17.7 Å². The lowest BCUT2D eigenvalue weighted by Gasteiger charge is -2.03. The molecule has 1 aromatic carbocycles. The number of anilines is 1. The SMILES string of the molecule is COCCNc1nnc(SCc2ccc(OC)c(F)c2)s1. The predicted octanol–water partition coefficient (Wildman–Crippen LogP) is 3.04. The van der Waals surface area contributed by atoms with Gasteiger partial charge in [0.1, 0.15) is 0 Å². The molecule has 0 fully saturated rings. The molecule has 0 atom stereocenters. The summed E-state index contributed by atoms with van der Waals surface area (Å²) in [7, 11) is 3.10.